The van der Waals surface area contributed by atoms with Gasteiger partial charge in [0.2, 0.25) is 6.41 Å². The van der Waals surface area contributed by atoms with Gasteiger partial charge in [0.25, 0.3) is 0 Å². The summed E-state index contributed by atoms with van der Waals surface area (Å²) in [6, 6.07) is 4.98. The second-order valence-electron chi connectivity index (χ2n) is 3.56. The molecule has 19 heavy (non-hydrogen) atoms. The summed E-state index contributed by atoms with van der Waals surface area (Å²) >= 11 is 6.05. The van der Waals surface area contributed by atoms with Gasteiger partial charge in [-0.05, 0) is 22.6 Å². The molecule has 1 heterocycles. The van der Waals surface area contributed by atoms with Gasteiger partial charge in [-0.1, -0.05) is 17.7 Å². The van der Waals surface area contributed by atoms with Gasteiger partial charge in [-0.15, -0.1) is 0 Å². The van der Waals surface area contributed by atoms with Crippen molar-refractivity contribution < 1.29 is 9.63 Å². The van der Waals surface area contributed by atoms with E-state index in [0.29, 0.717) is 22.7 Å². The number of rotatable bonds is 5. The summed E-state index contributed by atoms with van der Waals surface area (Å²) in [7, 11) is 1.49. The van der Waals surface area contributed by atoms with Gasteiger partial charge in [0.1, 0.15) is 6.61 Å². The molecule has 100 valence electrons. The fourth-order valence-corrected chi connectivity index (χ4v) is 1.73. The molecule has 0 aliphatic rings. The quantitative estimate of drug-likeness (QED) is 0.466. The van der Waals surface area contributed by atoms with Gasteiger partial charge in [-0.3, -0.25) is 9.63 Å². The molecule has 0 fully saturated rings. The number of benzene rings is 1. The standard InChI is InChI=1S/C10H10ClN5O3/c1-15-10(18)16(14-13-15)9-4-2-3-8(11)7(9)5-19-12-6-17/h2-4,6H,5H2,1H3,(H,12,17). The third-order valence-electron chi connectivity index (χ3n) is 2.39. The number of amides is 1. The van der Waals surface area contributed by atoms with Crippen molar-refractivity contribution in [3.8, 4) is 5.69 Å². The molecule has 0 saturated heterocycles. The number of halogens is 1. The Morgan fingerprint density at radius 2 is 2.26 bits per heavy atom. The smallest absolute Gasteiger partial charge is 0.277 e. The molecule has 0 aliphatic heterocycles. The Balaban J connectivity index is 2.45. The zero-order valence-corrected chi connectivity index (χ0v) is 10.7. The molecule has 2 rings (SSSR count). The van der Waals surface area contributed by atoms with Crippen LogP contribution in [0.15, 0.2) is 23.0 Å². The van der Waals surface area contributed by atoms with Crippen molar-refractivity contribution in [2.24, 2.45) is 7.05 Å². The Bertz CT molecular complexity index is 651. The van der Waals surface area contributed by atoms with Crippen LogP contribution >= 0.6 is 11.6 Å². The molecule has 0 spiro atoms. The molecular weight excluding hydrogens is 274 g/mol. The lowest BCUT2D eigenvalue weighted by Crippen LogP contribution is -2.23. The van der Waals surface area contributed by atoms with Gasteiger partial charge >= 0.3 is 5.69 Å². The van der Waals surface area contributed by atoms with E-state index in [2.05, 4.69) is 15.9 Å². The molecule has 0 atom stereocenters. The maximum absolute atomic E-state index is 11.8. The van der Waals surface area contributed by atoms with E-state index in [9.17, 15) is 9.59 Å². The van der Waals surface area contributed by atoms with Gasteiger partial charge in [0.05, 0.1) is 5.69 Å². The van der Waals surface area contributed by atoms with E-state index in [1.165, 1.54) is 7.05 Å². The first-order valence-corrected chi connectivity index (χ1v) is 5.60. The highest BCUT2D eigenvalue weighted by Crippen LogP contribution is 2.22. The maximum Gasteiger partial charge on any atom is 0.368 e. The van der Waals surface area contributed by atoms with E-state index in [0.717, 1.165) is 9.36 Å². The number of carbonyl (C=O) groups excluding carboxylic acids is 1. The van der Waals surface area contributed by atoms with Crippen molar-refractivity contribution in [3.63, 3.8) is 0 Å². The molecule has 0 aliphatic carbocycles. The number of aromatic nitrogens is 4. The summed E-state index contributed by atoms with van der Waals surface area (Å²) in [6.45, 7) is -0.00321. The third kappa shape index (κ3) is 2.64. The maximum atomic E-state index is 11.8. The zero-order valence-electron chi connectivity index (χ0n) is 9.91. The van der Waals surface area contributed by atoms with Gasteiger partial charge in [0.15, 0.2) is 0 Å². The van der Waals surface area contributed by atoms with Crippen molar-refractivity contribution in [1.29, 1.82) is 0 Å². The van der Waals surface area contributed by atoms with Crippen LogP contribution in [-0.2, 0) is 23.3 Å². The Morgan fingerprint density at radius 3 is 2.89 bits per heavy atom. The molecule has 1 aromatic heterocycles. The van der Waals surface area contributed by atoms with Crippen molar-refractivity contribution in [3.05, 3.63) is 39.3 Å². The minimum atomic E-state index is -0.410. The monoisotopic (exact) mass is 283 g/mol. The van der Waals surface area contributed by atoms with E-state index in [1.807, 2.05) is 0 Å². The molecule has 1 aromatic carbocycles. The molecule has 0 unspecified atom stereocenters. The summed E-state index contributed by atoms with van der Waals surface area (Å²) in [5, 5.41) is 7.74. The number of tetrazole rings is 1. The van der Waals surface area contributed by atoms with Gasteiger partial charge in [-0.2, -0.15) is 9.36 Å². The van der Waals surface area contributed by atoms with Crippen LogP contribution in [0.25, 0.3) is 5.69 Å². The minimum absolute atomic E-state index is 0.00321. The van der Waals surface area contributed by atoms with Crippen LogP contribution < -0.4 is 11.2 Å². The average molecular weight is 284 g/mol. The fourth-order valence-electron chi connectivity index (χ4n) is 1.50. The number of carbonyl (C=O) groups is 1. The van der Waals surface area contributed by atoms with Crippen molar-refractivity contribution in [2.45, 2.75) is 6.61 Å². The summed E-state index contributed by atoms with van der Waals surface area (Å²) in [4.78, 5) is 26.8. The van der Waals surface area contributed by atoms with Gasteiger partial charge in [0, 0.05) is 17.6 Å². The molecule has 0 bridgehead atoms. The minimum Gasteiger partial charge on any atom is -0.277 e. The number of nitrogens with zero attached hydrogens (tertiary/aromatic N) is 4. The van der Waals surface area contributed by atoms with E-state index in [4.69, 9.17) is 16.4 Å². The van der Waals surface area contributed by atoms with Crippen LogP contribution in [0.5, 0.6) is 0 Å². The molecule has 8 nitrogen and oxygen atoms in total. The normalized spacial score (nSPS) is 10.4. The highest BCUT2D eigenvalue weighted by atomic mass is 35.5. The molecule has 0 radical (unpaired) electrons. The third-order valence-corrected chi connectivity index (χ3v) is 2.75. The number of hydrogen-bond donors (Lipinski definition) is 1. The van der Waals surface area contributed by atoms with Crippen LogP contribution in [0.4, 0.5) is 0 Å². The van der Waals surface area contributed by atoms with E-state index in [-0.39, 0.29) is 6.61 Å². The number of nitrogens with one attached hydrogen (secondary N) is 1. The first-order valence-electron chi connectivity index (χ1n) is 5.23. The number of hydrogen-bond acceptors (Lipinski definition) is 5. The summed E-state index contributed by atoms with van der Waals surface area (Å²) < 4.78 is 2.20. The summed E-state index contributed by atoms with van der Waals surface area (Å²) in [5.74, 6) is 0. The van der Waals surface area contributed by atoms with E-state index < -0.39 is 5.69 Å². The predicted molar refractivity (Wildman–Crippen MR) is 65.6 cm³/mol. The zero-order chi connectivity index (χ0) is 13.8. The van der Waals surface area contributed by atoms with Crippen molar-refractivity contribution in [1.82, 2.24) is 25.3 Å². The molecule has 1 N–H and O–H groups in total. The molecule has 9 heteroatoms. The largest absolute Gasteiger partial charge is 0.368 e. The summed E-state index contributed by atoms with van der Waals surface area (Å²) in [6.07, 6.45) is 0.394. The Kier molecular flexibility index (Phi) is 3.93. The van der Waals surface area contributed by atoms with E-state index >= 15 is 0 Å². The molecule has 2 aromatic rings. The Morgan fingerprint density at radius 1 is 1.47 bits per heavy atom. The number of hydroxylamine groups is 1. The lowest BCUT2D eigenvalue weighted by molar-refractivity contribution is -0.121. The SMILES string of the molecule is Cn1nnn(-c2cccc(Cl)c2CONC=O)c1=O. The van der Waals surface area contributed by atoms with Crippen molar-refractivity contribution >= 4 is 18.0 Å². The fraction of sp³-hybridized carbons (Fsp3) is 0.200. The van der Waals surface area contributed by atoms with Crippen molar-refractivity contribution in [2.75, 3.05) is 0 Å². The molecule has 1 amide bonds. The lowest BCUT2D eigenvalue weighted by atomic mass is 10.2. The van der Waals surface area contributed by atoms with E-state index in [1.54, 1.807) is 18.2 Å². The first kappa shape index (κ1) is 13.2. The van der Waals surface area contributed by atoms with Crippen LogP contribution in [0, 0.1) is 0 Å². The summed E-state index contributed by atoms with van der Waals surface area (Å²) in [5.41, 5.74) is 2.60. The Hall–Kier alpha value is -2.19. The lowest BCUT2D eigenvalue weighted by Gasteiger charge is -2.09. The van der Waals surface area contributed by atoms with Crippen LogP contribution in [-0.4, -0.2) is 26.2 Å². The topological polar surface area (TPSA) is 91.0 Å². The van der Waals surface area contributed by atoms with Crippen LogP contribution in [0.3, 0.4) is 0 Å². The highest BCUT2D eigenvalue weighted by molar-refractivity contribution is 6.31. The number of aryl methyl sites for hydroxylation is 1. The average Bonchev–Trinajstić information content (AvgIpc) is 2.72. The van der Waals surface area contributed by atoms with Gasteiger partial charge in [-0.25, -0.2) is 10.3 Å². The van der Waals surface area contributed by atoms with Crippen LogP contribution in [0.2, 0.25) is 5.02 Å². The second-order valence-corrected chi connectivity index (χ2v) is 3.97. The second kappa shape index (κ2) is 5.63. The molecular formula is C10H10ClN5O3. The molecule has 0 saturated carbocycles. The predicted octanol–water partition coefficient (Wildman–Crippen LogP) is -0.203. The first-order chi connectivity index (χ1) is 9.15. The van der Waals surface area contributed by atoms with Crippen LogP contribution in [0.1, 0.15) is 5.56 Å². The van der Waals surface area contributed by atoms with Gasteiger partial charge < -0.3 is 0 Å². The Labute approximate surface area is 112 Å². The highest BCUT2D eigenvalue weighted by Gasteiger charge is 2.13.